The van der Waals surface area contributed by atoms with Crippen LogP contribution >= 0.6 is 31.9 Å². The van der Waals surface area contributed by atoms with Crippen LogP contribution in [0.5, 0.6) is 0 Å². The summed E-state index contributed by atoms with van der Waals surface area (Å²) in [5.74, 6) is 0.159. The number of halogens is 3. The van der Waals surface area contributed by atoms with Crippen LogP contribution in [-0.4, -0.2) is 29.2 Å². The number of carbonyl (C=O) groups is 1. The lowest BCUT2D eigenvalue weighted by molar-refractivity contribution is 0.0787. The van der Waals surface area contributed by atoms with Crippen molar-refractivity contribution in [1.82, 2.24) is 4.90 Å². The van der Waals surface area contributed by atoms with Gasteiger partial charge in [-0.3, -0.25) is 4.79 Å². The molecular formula is C12H12Br2FNO. The van der Waals surface area contributed by atoms with Gasteiger partial charge < -0.3 is 4.90 Å². The Bertz CT molecular complexity index is 439. The van der Waals surface area contributed by atoms with Crippen LogP contribution in [0.1, 0.15) is 16.8 Å². The fourth-order valence-corrected chi connectivity index (χ4v) is 3.03. The number of hydrogen-bond donors (Lipinski definition) is 0. The van der Waals surface area contributed by atoms with Gasteiger partial charge in [0.1, 0.15) is 5.82 Å². The van der Waals surface area contributed by atoms with Crippen molar-refractivity contribution in [3.8, 4) is 0 Å². The molecule has 0 radical (unpaired) electrons. The lowest BCUT2D eigenvalue weighted by Gasteiger charge is -2.17. The molecule has 0 aliphatic carbocycles. The van der Waals surface area contributed by atoms with E-state index in [2.05, 4.69) is 31.9 Å². The number of hydrogen-bond acceptors (Lipinski definition) is 1. The Hall–Kier alpha value is -0.420. The molecule has 0 N–H and O–H groups in total. The maximum absolute atomic E-state index is 12.9. The highest BCUT2D eigenvalue weighted by molar-refractivity contribution is 9.10. The first-order valence-corrected chi connectivity index (χ1v) is 7.33. The summed E-state index contributed by atoms with van der Waals surface area (Å²) in [6.45, 7) is 1.55. The van der Waals surface area contributed by atoms with Crippen LogP contribution in [0.25, 0.3) is 0 Å². The van der Waals surface area contributed by atoms with Crippen molar-refractivity contribution in [2.24, 2.45) is 5.92 Å². The van der Waals surface area contributed by atoms with Gasteiger partial charge in [0, 0.05) is 22.9 Å². The molecule has 1 aromatic carbocycles. The summed E-state index contributed by atoms with van der Waals surface area (Å²) >= 11 is 6.67. The first-order valence-electron chi connectivity index (χ1n) is 5.42. The van der Waals surface area contributed by atoms with E-state index in [0.717, 1.165) is 24.8 Å². The van der Waals surface area contributed by atoms with Crippen LogP contribution in [0.15, 0.2) is 22.7 Å². The minimum absolute atomic E-state index is 0.0275. The van der Waals surface area contributed by atoms with E-state index in [1.54, 1.807) is 0 Å². The third-order valence-corrected chi connectivity index (χ3v) is 4.52. The van der Waals surface area contributed by atoms with Crippen LogP contribution in [-0.2, 0) is 0 Å². The van der Waals surface area contributed by atoms with Gasteiger partial charge in [-0.05, 0) is 46.5 Å². The molecule has 1 aromatic rings. The monoisotopic (exact) mass is 363 g/mol. The SMILES string of the molecule is O=C(c1ccc(F)cc1Br)N1CCC(CBr)C1. The predicted molar refractivity (Wildman–Crippen MR) is 71.9 cm³/mol. The standard InChI is InChI=1S/C12H12Br2FNO/c13-6-8-3-4-16(7-8)12(17)10-2-1-9(15)5-11(10)14/h1-2,5,8H,3-4,6-7H2. The van der Waals surface area contributed by atoms with E-state index in [1.165, 1.54) is 18.2 Å². The molecule has 0 saturated carbocycles. The van der Waals surface area contributed by atoms with Crippen molar-refractivity contribution in [1.29, 1.82) is 0 Å². The average molecular weight is 365 g/mol. The first-order chi connectivity index (χ1) is 8.11. The Morgan fingerprint density at radius 3 is 2.88 bits per heavy atom. The topological polar surface area (TPSA) is 20.3 Å². The van der Waals surface area contributed by atoms with Crippen LogP contribution in [0, 0.1) is 11.7 Å². The average Bonchev–Trinajstić information content (AvgIpc) is 2.76. The van der Waals surface area contributed by atoms with E-state index in [9.17, 15) is 9.18 Å². The van der Waals surface area contributed by atoms with Crippen LogP contribution < -0.4 is 0 Å². The molecule has 1 saturated heterocycles. The van der Waals surface area contributed by atoms with Gasteiger partial charge in [-0.2, -0.15) is 0 Å². The Kier molecular flexibility index (Phi) is 4.20. The highest BCUT2D eigenvalue weighted by atomic mass is 79.9. The highest BCUT2D eigenvalue weighted by Crippen LogP contribution is 2.24. The molecule has 0 bridgehead atoms. The smallest absolute Gasteiger partial charge is 0.255 e. The van der Waals surface area contributed by atoms with E-state index < -0.39 is 0 Å². The molecule has 17 heavy (non-hydrogen) atoms. The van der Waals surface area contributed by atoms with Crippen LogP contribution in [0.2, 0.25) is 0 Å². The molecule has 5 heteroatoms. The second-order valence-electron chi connectivity index (χ2n) is 4.18. The molecule has 1 fully saturated rings. The molecule has 0 aromatic heterocycles. The van der Waals surface area contributed by atoms with Gasteiger partial charge in [-0.1, -0.05) is 15.9 Å². The summed E-state index contributed by atoms with van der Waals surface area (Å²) in [6, 6.07) is 4.17. The third-order valence-electron chi connectivity index (χ3n) is 2.95. The van der Waals surface area contributed by atoms with Gasteiger partial charge >= 0.3 is 0 Å². The molecular weight excluding hydrogens is 353 g/mol. The van der Waals surface area contributed by atoms with Gasteiger partial charge in [-0.25, -0.2) is 4.39 Å². The quantitative estimate of drug-likeness (QED) is 0.736. The Balaban J connectivity index is 2.15. The lowest BCUT2D eigenvalue weighted by Crippen LogP contribution is -2.29. The predicted octanol–water partition coefficient (Wildman–Crippen LogP) is 3.45. The second kappa shape index (κ2) is 5.48. The summed E-state index contributed by atoms with van der Waals surface area (Å²) in [6.07, 6.45) is 1.02. The minimum Gasteiger partial charge on any atom is -0.338 e. The maximum atomic E-state index is 12.9. The summed E-state index contributed by atoms with van der Waals surface area (Å²) in [5.41, 5.74) is 0.529. The fraction of sp³-hybridized carbons (Fsp3) is 0.417. The molecule has 1 amide bonds. The number of carbonyl (C=O) groups excluding carboxylic acids is 1. The Labute approximate surface area is 116 Å². The van der Waals surface area contributed by atoms with E-state index in [1.807, 2.05) is 4.90 Å². The van der Waals surface area contributed by atoms with Crippen molar-refractivity contribution < 1.29 is 9.18 Å². The van der Waals surface area contributed by atoms with E-state index in [0.29, 0.717) is 16.0 Å². The third kappa shape index (κ3) is 2.88. The number of alkyl halides is 1. The molecule has 1 atom stereocenters. The van der Waals surface area contributed by atoms with Gasteiger partial charge in [0.05, 0.1) is 5.56 Å². The van der Waals surface area contributed by atoms with E-state index in [4.69, 9.17) is 0 Å². The molecule has 1 aliphatic heterocycles. The number of likely N-dealkylation sites (tertiary alicyclic amines) is 1. The van der Waals surface area contributed by atoms with E-state index in [-0.39, 0.29) is 11.7 Å². The second-order valence-corrected chi connectivity index (χ2v) is 5.69. The molecule has 2 rings (SSSR count). The number of amides is 1. The van der Waals surface area contributed by atoms with Crippen molar-refractivity contribution >= 4 is 37.8 Å². The molecule has 92 valence electrons. The Morgan fingerprint density at radius 1 is 1.53 bits per heavy atom. The summed E-state index contributed by atoms with van der Waals surface area (Å²) in [4.78, 5) is 14.0. The number of benzene rings is 1. The van der Waals surface area contributed by atoms with E-state index >= 15 is 0 Å². The maximum Gasteiger partial charge on any atom is 0.255 e. The van der Waals surface area contributed by atoms with Gasteiger partial charge in [-0.15, -0.1) is 0 Å². The van der Waals surface area contributed by atoms with Crippen molar-refractivity contribution in [3.05, 3.63) is 34.1 Å². The number of rotatable bonds is 2. The fourth-order valence-electron chi connectivity index (χ4n) is 1.98. The van der Waals surface area contributed by atoms with Crippen molar-refractivity contribution in [3.63, 3.8) is 0 Å². The molecule has 1 heterocycles. The number of nitrogens with zero attached hydrogens (tertiary/aromatic N) is 1. The Morgan fingerprint density at radius 2 is 2.29 bits per heavy atom. The molecule has 0 spiro atoms. The van der Waals surface area contributed by atoms with Crippen molar-refractivity contribution in [2.45, 2.75) is 6.42 Å². The zero-order chi connectivity index (χ0) is 12.4. The summed E-state index contributed by atoms with van der Waals surface area (Å²) in [7, 11) is 0. The zero-order valence-electron chi connectivity index (χ0n) is 9.13. The summed E-state index contributed by atoms with van der Waals surface area (Å²) in [5, 5.41) is 0.918. The minimum atomic E-state index is -0.340. The first kappa shape index (κ1) is 13.0. The van der Waals surface area contributed by atoms with Crippen molar-refractivity contribution in [2.75, 3.05) is 18.4 Å². The van der Waals surface area contributed by atoms with Gasteiger partial charge in [0.25, 0.3) is 5.91 Å². The van der Waals surface area contributed by atoms with Crippen LogP contribution in [0.3, 0.4) is 0 Å². The lowest BCUT2D eigenvalue weighted by atomic mass is 10.2. The molecule has 2 nitrogen and oxygen atoms in total. The molecule has 1 unspecified atom stereocenters. The summed E-state index contributed by atoms with van der Waals surface area (Å²) < 4.78 is 13.5. The highest BCUT2D eigenvalue weighted by Gasteiger charge is 2.27. The van der Waals surface area contributed by atoms with Gasteiger partial charge in [0.2, 0.25) is 0 Å². The van der Waals surface area contributed by atoms with Crippen LogP contribution in [0.4, 0.5) is 4.39 Å². The largest absolute Gasteiger partial charge is 0.338 e. The van der Waals surface area contributed by atoms with Gasteiger partial charge in [0.15, 0.2) is 0 Å². The zero-order valence-corrected chi connectivity index (χ0v) is 12.3. The molecule has 1 aliphatic rings. The normalized spacial score (nSPS) is 19.7.